The van der Waals surface area contributed by atoms with Crippen molar-refractivity contribution in [2.24, 2.45) is 7.05 Å². The van der Waals surface area contributed by atoms with Crippen LogP contribution in [0.2, 0.25) is 0 Å². The number of halogens is 1. The van der Waals surface area contributed by atoms with E-state index >= 15 is 0 Å². The predicted octanol–water partition coefficient (Wildman–Crippen LogP) is 4.93. The first-order valence-corrected chi connectivity index (χ1v) is 13.5. The standard InChI is InChI=1S/C32H31FN4O4/c1-18-13-26(40-4)24(30(38)36-32(11-12-32)27-16-37(3)17-35-27)15-22(18)20-7-10-25-23(14-20)28(31(39)34-2)29(41-25)19-5-8-21(33)9-6-19/h5-10,13-17,28-29H,11-12H2,1-4H3,(H,34,39)(H,36,38). The Morgan fingerprint density at radius 3 is 2.51 bits per heavy atom. The van der Waals surface area contributed by atoms with Crippen molar-refractivity contribution in [3.8, 4) is 22.6 Å². The molecule has 4 aromatic rings. The van der Waals surface area contributed by atoms with Gasteiger partial charge in [-0.15, -0.1) is 0 Å². The molecule has 1 saturated carbocycles. The van der Waals surface area contributed by atoms with E-state index in [-0.39, 0.29) is 17.6 Å². The molecule has 2 heterocycles. The van der Waals surface area contributed by atoms with Gasteiger partial charge in [0.1, 0.15) is 29.3 Å². The van der Waals surface area contributed by atoms with E-state index in [0.29, 0.717) is 22.6 Å². The average molecular weight is 555 g/mol. The number of imidazole rings is 1. The lowest BCUT2D eigenvalue weighted by Gasteiger charge is -2.19. The number of benzene rings is 3. The fourth-order valence-corrected chi connectivity index (χ4v) is 5.64. The van der Waals surface area contributed by atoms with Gasteiger partial charge in [0.25, 0.3) is 5.91 Å². The Morgan fingerprint density at radius 2 is 1.88 bits per heavy atom. The molecule has 1 aliphatic heterocycles. The number of fused-ring (bicyclic) bond motifs is 1. The van der Waals surface area contributed by atoms with Gasteiger partial charge in [0.2, 0.25) is 5.91 Å². The van der Waals surface area contributed by atoms with Crippen LogP contribution in [-0.2, 0) is 17.4 Å². The third-order valence-corrected chi connectivity index (χ3v) is 8.03. The molecule has 9 heteroatoms. The van der Waals surface area contributed by atoms with Crippen molar-refractivity contribution in [2.45, 2.75) is 37.3 Å². The maximum Gasteiger partial charge on any atom is 0.255 e. The van der Waals surface area contributed by atoms with Crippen molar-refractivity contribution in [2.75, 3.05) is 14.2 Å². The van der Waals surface area contributed by atoms with Crippen molar-refractivity contribution in [1.29, 1.82) is 0 Å². The first kappa shape index (κ1) is 26.6. The molecule has 2 N–H and O–H groups in total. The minimum absolute atomic E-state index is 0.203. The minimum Gasteiger partial charge on any atom is -0.496 e. The van der Waals surface area contributed by atoms with Gasteiger partial charge in [0.05, 0.1) is 30.2 Å². The number of likely N-dealkylation sites (N-methyl/N-ethyl adjacent to an activating group) is 1. The van der Waals surface area contributed by atoms with Crippen LogP contribution in [0.15, 0.2) is 67.1 Å². The number of carbonyl (C=O) groups excluding carboxylic acids is 2. The molecular formula is C32H31FN4O4. The largest absolute Gasteiger partial charge is 0.496 e. The summed E-state index contributed by atoms with van der Waals surface area (Å²) >= 11 is 0. The number of aromatic nitrogens is 2. The van der Waals surface area contributed by atoms with Gasteiger partial charge in [0.15, 0.2) is 0 Å². The molecule has 0 saturated heterocycles. The smallest absolute Gasteiger partial charge is 0.255 e. The number of methoxy groups -OCH3 is 1. The van der Waals surface area contributed by atoms with Crippen LogP contribution in [0.4, 0.5) is 4.39 Å². The Kier molecular flexibility index (Phi) is 6.52. The zero-order valence-electron chi connectivity index (χ0n) is 23.3. The molecule has 1 aromatic heterocycles. The molecule has 1 aliphatic carbocycles. The molecule has 2 amide bonds. The van der Waals surface area contributed by atoms with Crippen LogP contribution in [0, 0.1) is 12.7 Å². The van der Waals surface area contributed by atoms with E-state index in [4.69, 9.17) is 9.47 Å². The number of hydrogen-bond acceptors (Lipinski definition) is 5. The van der Waals surface area contributed by atoms with Crippen molar-refractivity contribution >= 4 is 11.8 Å². The predicted molar refractivity (Wildman–Crippen MR) is 151 cm³/mol. The summed E-state index contributed by atoms with van der Waals surface area (Å²) in [6.07, 6.45) is 4.70. The van der Waals surface area contributed by atoms with Crippen LogP contribution in [0.1, 0.15) is 57.6 Å². The number of nitrogens with zero attached hydrogens (tertiary/aromatic N) is 2. The Bertz CT molecular complexity index is 1660. The Hall–Kier alpha value is -4.66. The summed E-state index contributed by atoms with van der Waals surface area (Å²) in [5.74, 6) is -0.363. The third kappa shape index (κ3) is 4.71. The van der Waals surface area contributed by atoms with Gasteiger partial charge in [-0.25, -0.2) is 9.37 Å². The molecule has 0 radical (unpaired) electrons. The van der Waals surface area contributed by atoms with E-state index in [2.05, 4.69) is 15.6 Å². The van der Waals surface area contributed by atoms with Gasteiger partial charge >= 0.3 is 0 Å². The normalized spacial score (nSPS) is 18.3. The highest BCUT2D eigenvalue weighted by Gasteiger charge is 2.48. The number of hydrogen-bond donors (Lipinski definition) is 2. The maximum atomic E-state index is 13.6. The molecule has 210 valence electrons. The summed E-state index contributed by atoms with van der Waals surface area (Å²) in [4.78, 5) is 31.2. The lowest BCUT2D eigenvalue weighted by molar-refractivity contribution is -0.123. The molecular weight excluding hydrogens is 523 g/mol. The molecule has 41 heavy (non-hydrogen) atoms. The Morgan fingerprint density at radius 1 is 1.12 bits per heavy atom. The van der Waals surface area contributed by atoms with Crippen molar-refractivity contribution in [3.63, 3.8) is 0 Å². The summed E-state index contributed by atoms with van der Waals surface area (Å²) in [6, 6.07) is 15.4. The molecule has 8 nitrogen and oxygen atoms in total. The fourth-order valence-electron chi connectivity index (χ4n) is 5.64. The number of nitrogens with one attached hydrogen (secondary N) is 2. The van der Waals surface area contributed by atoms with Crippen LogP contribution in [0.5, 0.6) is 11.5 Å². The van der Waals surface area contributed by atoms with E-state index in [1.54, 1.807) is 32.6 Å². The number of carbonyl (C=O) groups is 2. The van der Waals surface area contributed by atoms with Gasteiger partial charge in [-0.1, -0.05) is 18.2 Å². The number of aryl methyl sites for hydroxylation is 2. The van der Waals surface area contributed by atoms with Crippen LogP contribution in [-0.4, -0.2) is 35.5 Å². The lowest BCUT2D eigenvalue weighted by Crippen LogP contribution is -2.35. The lowest BCUT2D eigenvalue weighted by atomic mass is 9.88. The highest BCUT2D eigenvalue weighted by Crippen LogP contribution is 2.48. The van der Waals surface area contributed by atoms with Crippen molar-refractivity contribution in [1.82, 2.24) is 20.2 Å². The molecule has 0 bridgehead atoms. The molecule has 3 aromatic carbocycles. The second-order valence-electron chi connectivity index (χ2n) is 10.8. The molecule has 2 aliphatic rings. The highest BCUT2D eigenvalue weighted by molar-refractivity contribution is 5.99. The second kappa shape index (κ2) is 10.1. The number of amides is 2. The van der Waals surface area contributed by atoms with E-state index in [9.17, 15) is 14.0 Å². The molecule has 6 rings (SSSR count). The first-order chi connectivity index (χ1) is 19.7. The quantitative estimate of drug-likeness (QED) is 0.338. The monoisotopic (exact) mass is 554 g/mol. The first-order valence-electron chi connectivity index (χ1n) is 13.5. The van der Waals surface area contributed by atoms with Gasteiger partial charge in [-0.05, 0) is 78.4 Å². The minimum atomic E-state index is -0.630. The molecule has 2 unspecified atom stereocenters. The highest BCUT2D eigenvalue weighted by atomic mass is 19.1. The zero-order chi connectivity index (χ0) is 28.9. The van der Waals surface area contributed by atoms with E-state index in [1.165, 1.54) is 12.1 Å². The number of rotatable bonds is 7. The Labute approximate surface area is 237 Å². The summed E-state index contributed by atoms with van der Waals surface area (Å²) in [5.41, 5.74) is 4.80. The van der Waals surface area contributed by atoms with Gasteiger partial charge < -0.3 is 24.7 Å². The summed E-state index contributed by atoms with van der Waals surface area (Å²) in [5, 5.41) is 5.93. The summed E-state index contributed by atoms with van der Waals surface area (Å²) in [6.45, 7) is 1.96. The average Bonchev–Trinajstić information content (AvgIpc) is 3.44. The van der Waals surface area contributed by atoms with Gasteiger partial charge in [-0.3, -0.25) is 9.59 Å². The molecule has 0 spiro atoms. The van der Waals surface area contributed by atoms with Crippen LogP contribution in [0.25, 0.3) is 11.1 Å². The molecule has 2 atom stereocenters. The van der Waals surface area contributed by atoms with Gasteiger partial charge in [0, 0.05) is 25.9 Å². The van der Waals surface area contributed by atoms with Gasteiger partial charge in [-0.2, -0.15) is 0 Å². The number of ether oxygens (including phenoxy) is 2. The Balaban J connectivity index is 1.36. The maximum absolute atomic E-state index is 13.6. The van der Waals surface area contributed by atoms with E-state index in [0.717, 1.165) is 40.8 Å². The van der Waals surface area contributed by atoms with Crippen LogP contribution in [0.3, 0.4) is 0 Å². The summed E-state index contributed by atoms with van der Waals surface area (Å²) in [7, 11) is 5.04. The van der Waals surface area contributed by atoms with Crippen molar-refractivity contribution < 1.29 is 23.5 Å². The fraction of sp³-hybridized carbons (Fsp3) is 0.281. The topological polar surface area (TPSA) is 94.5 Å². The van der Waals surface area contributed by atoms with E-state index < -0.39 is 17.6 Å². The van der Waals surface area contributed by atoms with E-state index in [1.807, 2.05) is 55.1 Å². The zero-order valence-corrected chi connectivity index (χ0v) is 23.3. The molecule has 1 fully saturated rings. The van der Waals surface area contributed by atoms with Crippen LogP contribution < -0.4 is 20.1 Å². The third-order valence-electron chi connectivity index (χ3n) is 8.03. The van der Waals surface area contributed by atoms with Crippen LogP contribution >= 0.6 is 0 Å². The summed E-state index contributed by atoms with van der Waals surface area (Å²) < 4.78 is 27.3. The second-order valence-corrected chi connectivity index (χ2v) is 10.8. The van der Waals surface area contributed by atoms with Crippen molar-refractivity contribution in [3.05, 3.63) is 101 Å². The SMILES string of the molecule is CNC(=O)C1c2cc(-c3cc(C(=O)NC4(c5cn(C)cn5)CC4)c(OC)cc3C)ccc2OC1c1ccc(F)cc1.